The SMILES string of the molecule is CNc1cc(NCc2cccc(C)n2)nc(COC)n1. The van der Waals surface area contributed by atoms with Crippen LogP contribution in [-0.2, 0) is 17.9 Å². The standard InChI is InChI=1S/C14H19N5O/c1-10-5-4-6-11(17-10)8-16-13-7-12(15-2)18-14(19-13)9-20-3/h4-7H,8-9H2,1-3H3,(H2,15,16,18,19). The lowest BCUT2D eigenvalue weighted by molar-refractivity contribution is 0.178. The first-order valence-electron chi connectivity index (χ1n) is 6.42. The molecule has 0 spiro atoms. The summed E-state index contributed by atoms with van der Waals surface area (Å²) in [5.41, 5.74) is 1.98. The molecule has 0 saturated carbocycles. The summed E-state index contributed by atoms with van der Waals surface area (Å²) in [6.07, 6.45) is 0. The molecule has 0 bridgehead atoms. The van der Waals surface area contributed by atoms with E-state index in [-0.39, 0.29) is 0 Å². The van der Waals surface area contributed by atoms with E-state index in [2.05, 4.69) is 25.6 Å². The minimum atomic E-state index is 0.382. The van der Waals surface area contributed by atoms with Gasteiger partial charge in [-0.1, -0.05) is 6.07 Å². The van der Waals surface area contributed by atoms with E-state index < -0.39 is 0 Å². The van der Waals surface area contributed by atoms with Crippen LogP contribution in [-0.4, -0.2) is 29.1 Å². The highest BCUT2D eigenvalue weighted by molar-refractivity contribution is 5.47. The Morgan fingerprint density at radius 2 is 1.95 bits per heavy atom. The molecule has 2 N–H and O–H groups in total. The average Bonchev–Trinajstić information content (AvgIpc) is 2.45. The molecule has 2 heterocycles. The number of nitrogens with one attached hydrogen (secondary N) is 2. The third kappa shape index (κ3) is 3.89. The van der Waals surface area contributed by atoms with Gasteiger partial charge in [-0.15, -0.1) is 0 Å². The average molecular weight is 273 g/mol. The number of methoxy groups -OCH3 is 1. The molecule has 0 aliphatic carbocycles. The van der Waals surface area contributed by atoms with Gasteiger partial charge in [-0.25, -0.2) is 9.97 Å². The summed E-state index contributed by atoms with van der Waals surface area (Å²) in [7, 11) is 3.45. The number of aromatic nitrogens is 3. The van der Waals surface area contributed by atoms with Crippen LogP contribution in [0.1, 0.15) is 17.2 Å². The molecular formula is C14H19N5O. The second kappa shape index (κ2) is 6.81. The van der Waals surface area contributed by atoms with Gasteiger partial charge in [0.1, 0.15) is 18.2 Å². The number of ether oxygens (including phenoxy) is 1. The third-order valence-corrected chi connectivity index (χ3v) is 2.70. The number of nitrogens with zero attached hydrogens (tertiary/aromatic N) is 3. The molecule has 6 nitrogen and oxygen atoms in total. The number of aryl methyl sites for hydroxylation is 1. The number of hydrogen-bond donors (Lipinski definition) is 2. The zero-order chi connectivity index (χ0) is 14.4. The molecule has 0 atom stereocenters. The van der Waals surface area contributed by atoms with Crippen molar-refractivity contribution in [2.24, 2.45) is 0 Å². The lowest BCUT2D eigenvalue weighted by atomic mass is 10.3. The van der Waals surface area contributed by atoms with E-state index in [1.54, 1.807) is 7.11 Å². The first-order chi connectivity index (χ1) is 9.71. The summed E-state index contributed by atoms with van der Waals surface area (Å²) < 4.78 is 5.07. The highest BCUT2D eigenvalue weighted by Crippen LogP contribution is 2.12. The molecule has 0 saturated heterocycles. The van der Waals surface area contributed by atoms with Gasteiger partial charge >= 0.3 is 0 Å². The van der Waals surface area contributed by atoms with Crippen molar-refractivity contribution in [3.8, 4) is 0 Å². The Kier molecular flexibility index (Phi) is 4.84. The third-order valence-electron chi connectivity index (χ3n) is 2.70. The molecular weight excluding hydrogens is 254 g/mol. The van der Waals surface area contributed by atoms with Gasteiger partial charge in [0.2, 0.25) is 0 Å². The predicted octanol–water partition coefficient (Wildman–Crippen LogP) is 1.98. The number of anilines is 2. The zero-order valence-corrected chi connectivity index (χ0v) is 12.0. The van der Waals surface area contributed by atoms with Crippen molar-refractivity contribution in [2.45, 2.75) is 20.1 Å². The van der Waals surface area contributed by atoms with Crippen molar-refractivity contribution in [1.29, 1.82) is 0 Å². The van der Waals surface area contributed by atoms with Gasteiger partial charge in [0.05, 0.1) is 12.2 Å². The molecule has 0 aromatic carbocycles. The quantitative estimate of drug-likeness (QED) is 0.838. The molecule has 2 aromatic rings. The molecule has 20 heavy (non-hydrogen) atoms. The Bertz CT molecular complexity index is 573. The van der Waals surface area contributed by atoms with Crippen LogP contribution in [0.2, 0.25) is 0 Å². The van der Waals surface area contributed by atoms with Crippen LogP contribution in [0.4, 0.5) is 11.6 Å². The van der Waals surface area contributed by atoms with Crippen LogP contribution < -0.4 is 10.6 Å². The van der Waals surface area contributed by atoms with E-state index in [1.165, 1.54) is 0 Å². The van der Waals surface area contributed by atoms with Crippen LogP contribution in [0.25, 0.3) is 0 Å². The Hall–Kier alpha value is -2.21. The fourth-order valence-electron chi connectivity index (χ4n) is 1.79. The Morgan fingerprint density at radius 3 is 2.65 bits per heavy atom. The van der Waals surface area contributed by atoms with Crippen LogP contribution >= 0.6 is 0 Å². The maximum atomic E-state index is 5.07. The topological polar surface area (TPSA) is 72.0 Å². The van der Waals surface area contributed by atoms with Gasteiger partial charge in [0, 0.05) is 25.9 Å². The summed E-state index contributed by atoms with van der Waals surface area (Å²) in [4.78, 5) is 13.1. The Morgan fingerprint density at radius 1 is 1.15 bits per heavy atom. The number of pyridine rings is 1. The van der Waals surface area contributed by atoms with Gasteiger partial charge in [0.15, 0.2) is 5.82 Å². The summed E-state index contributed by atoms with van der Waals surface area (Å²) >= 11 is 0. The van der Waals surface area contributed by atoms with Crippen molar-refractivity contribution >= 4 is 11.6 Å². The molecule has 2 rings (SSSR count). The van der Waals surface area contributed by atoms with E-state index in [9.17, 15) is 0 Å². The number of rotatable bonds is 6. The Balaban J connectivity index is 2.10. The lowest BCUT2D eigenvalue weighted by Gasteiger charge is -2.09. The van der Waals surface area contributed by atoms with Crippen molar-refractivity contribution in [3.05, 3.63) is 41.5 Å². The molecule has 2 aromatic heterocycles. The van der Waals surface area contributed by atoms with Gasteiger partial charge in [-0.05, 0) is 19.1 Å². The van der Waals surface area contributed by atoms with Gasteiger partial charge < -0.3 is 15.4 Å². The Labute approximate surface area is 118 Å². The lowest BCUT2D eigenvalue weighted by Crippen LogP contribution is -2.08. The van der Waals surface area contributed by atoms with Gasteiger partial charge in [-0.3, -0.25) is 4.98 Å². The molecule has 0 aliphatic rings. The van der Waals surface area contributed by atoms with E-state index in [0.717, 1.165) is 23.0 Å². The van der Waals surface area contributed by atoms with E-state index >= 15 is 0 Å². The molecule has 0 aliphatic heterocycles. The summed E-state index contributed by atoms with van der Waals surface area (Å²) in [6.45, 7) is 2.98. The fraction of sp³-hybridized carbons (Fsp3) is 0.357. The van der Waals surface area contributed by atoms with Crippen LogP contribution in [0.15, 0.2) is 24.3 Å². The smallest absolute Gasteiger partial charge is 0.158 e. The zero-order valence-electron chi connectivity index (χ0n) is 12.0. The van der Waals surface area contributed by atoms with Crippen molar-refractivity contribution < 1.29 is 4.74 Å². The molecule has 0 unspecified atom stereocenters. The van der Waals surface area contributed by atoms with E-state index in [0.29, 0.717) is 19.0 Å². The minimum Gasteiger partial charge on any atom is -0.377 e. The number of hydrogen-bond acceptors (Lipinski definition) is 6. The van der Waals surface area contributed by atoms with E-state index in [4.69, 9.17) is 4.74 Å². The van der Waals surface area contributed by atoms with E-state index in [1.807, 2.05) is 38.2 Å². The monoisotopic (exact) mass is 273 g/mol. The summed E-state index contributed by atoms with van der Waals surface area (Å²) in [5.74, 6) is 2.14. The molecule has 0 amide bonds. The second-order valence-corrected chi connectivity index (χ2v) is 4.36. The summed E-state index contributed by atoms with van der Waals surface area (Å²) in [6, 6.07) is 7.81. The van der Waals surface area contributed by atoms with Gasteiger partial charge in [0.25, 0.3) is 0 Å². The highest BCUT2D eigenvalue weighted by Gasteiger charge is 2.04. The molecule has 106 valence electrons. The van der Waals surface area contributed by atoms with Crippen LogP contribution in [0, 0.1) is 6.92 Å². The molecule has 0 radical (unpaired) electrons. The van der Waals surface area contributed by atoms with Crippen LogP contribution in [0.5, 0.6) is 0 Å². The highest BCUT2D eigenvalue weighted by atomic mass is 16.5. The van der Waals surface area contributed by atoms with Crippen molar-refractivity contribution in [1.82, 2.24) is 15.0 Å². The largest absolute Gasteiger partial charge is 0.377 e. The normalized spacial score (nSPS) is 10.3. The van der Waals surface area contributed by atoms with Crippen molar-refractivity contribution in [2.75, 3.05) is 24.8 Å². The van der Waals surface area contributed by atoms with Crippen LogP contribution in [0.3, 0.4) is 0 Å². The minimum absolute atomic E-state index is 0.382. The maximum absolute atomic E-state index is 5.07. The maximum Gasteiger partial charge on any atom is 0.158 e. The fourth-order valence-corrected chi connectivity index (χ4v) is 1.79. The van der Waals surface area contributed by atoms with Gasteiger partial charge in [-0.2, -0.15) is 0 Å². The van der Waals surface area contributed by atoms with Crippen molar-refractivity contribution in [3.63, 3.8) is 0 Å². The first-order valence-corrected chi connectivity index (χ1v) is 6.42. The predicted molar refractivity (Wildman–Crippen MR) is 78.6 cm³/mol. The first kappa shape index (κ1) is 14.2. The summed E-state index contributed by atoms with van der Waals surface area (Å²) in [5, 5.41) is 6.26. The molecule has 6 heteroatoms. The second-order valence-electron chi connectivity index (χ2n) is 4.36. The molecule has 0 fully saturated rings.